The van der Waals surface area contributed by atoms with E-state index in [0.29, 0.717) is 5.57 Å². The van der Waals surface area contributed by atoms with Crippen LogP contribution >= 0.6 is 0 Å². The summed E-state index contributed by atoms with van der Waals surface area (Å²) in [6.07, 6.45) is 4.66. The highest BCUT2D eigenvalue weighted by molar-refractivity contribution is 5.91. The molecular weight excluding hydrogens is 196 g/mol. The molecule has 0 amide bonds. The van der Waals surface area contributed by atoms with Crippen molar-refractivity contribution in [2.45, 2.75) is 20.8 Å². The lowest BCUT2D eigenvalue weighted by molar-refractivity contribution is -0.163. The average molecular weight is 210 g/mol. The van der Waals surface area contributed by atoms with Gasteiger partial charge in [0.25, 0.3) is 0 Å². The van der Waals surface area contributed by atoms with Gasteiger partial charge in [0.1, 0.15) is 10.8 Å². The topological polar surface area (TPSA) is 74.6 Å². The molecule has 1 aliphatic rings. The predicted molar refractivity (Wildman–Crippen MR) is 54.4 cm³/mol. The van der Waals surface area contributed by atoms with E-state index in [2.05, 4.69) is 0 Å². The summed E-state index contributed by atoms with van der Waals surface area (Å²) in [5.41, 5.74) is -2.26. The van der Waals surface area contributed by atoms with Gasteiger partial charge in [0.2, 0.25) is 0 Å². The zero-order chi connectivity index (χ0) is 11.9. The number of hydrogen-bond donors (Lipinski definition) is 2. The predicted octanol–water partition coefficient (Wildman–Crippen LogP) is 1.68. The lowest BCUT2D eigenvalue weighted by atomic mass is 9.60. The van der Waals surface area contributed by atoms with Gasteiger partial charge in [0.15, 0.2) is 0 Å². The molecule has 4 heteroatoms. The van der Waals surface area contributed by atoms with E-state index < -0.39 is 22.8 Å². The van der Waals surface area contributed by atoms with Crippen LogP contribution in [0, 0.1) is 10.8 Å². The molecule has 0 saturated heterocycles. The summed E-state index contributed by atoms with van der Waals surface area (Å²) in [5.74, 6) is -2.25. The molecule has 0 heterocycles. The van der Waals surface area contributed by atoms with E-state index in [4.69, 9.17) is 5.11 Å². The number of allylic oxidation sites excluding steroid dienone is 2. The molecule has 0 aromatic heterocycles. The Morgan fingerprint density at radius 3 is 2.07 bits per heavy atom. The first-order valence-corrected chi connectivity index (χ1v) is 4.60. The summed E-state index contributed by atoms with van der Waals surface area (Å²) in [6, 6.07) is 0. The van der Waals surface area contributed by atoms with Gasteiger partial charge in [-0.15, -0.1) is 0 Å². The first-order valence-electron chi connectivity index (χ1n) is 4.60. The molecular formula is C11H14O4. The maximum absolute atomic E-state index is 11.3. The van der Waals surface area contributed by atoms with Crippen molar-refractivity contribution in [2.24, 2.45) is 10.8 Å². The van der Waals surface area contributed by atoms with Crippen LogP contribution in [0.3, 0.4) is 0 Å². The van der Waals surface area contributed by atoms with E-state index in [-0.39, 0.29) is 0 Å². The van der Waals surface area contributed by atoms with Gasteiger partial charge in [-0.2, -0.15) is 0 Å². The minimum atomic E-state index is -1.41. The molecule has 0 fully saturated rings. The van der Waals surface area contributed by atoms with E-state index in [1.54, 1.807) is 19.1 Å². The summed E-state index contributed by atoms with van der Waals surface area (Å²) < 4.78 is 0. The van der Waals surface area contributed by atoms with Gasteiger partial charge in [0.05, 0.1) is 0 Å². The second kappa shape index (κ2) is 3.22. The number of carboxylic acid groups (broad SMARTS) is 2. The summed E-state index contributed by atoms with van der Waals surface area (Å²) in [5, 5.41) is 18.4. The lowest BCUT2D eigenvalue weighted by Gasteiger charge is -2.40. The van der Waals surface area contributed by atoms with E-state index >= 15 is 0 Å². The van der Waals surface area contributed by atoms with Crippen molar-refractivity contribution >= 4 is 11.9 Å². The van der Waals surface area contributed by atoms with E-state index in [9.17, 15) is 14.7 Å². The van der Waals surface area contributed by atoms with Crippen molar-refractivity contribution in [1.82, 2.24) is 0 Å². The molecule has 0 bridgehead atoms. The molecule has 2 atom stereocenters. The zero-order valence-electron chi connectivity index (χ0n) is 8.94. The maximum atomic E-state index is 11.3. The molecule has 0 spiro atoms. The summed E-state index contributed by atoms with van der Waals surface area (Å²) in [4.78, 5) is 22.5. The Kier molecular flexibility index (Phi) is 2.47. The lowest BCUT2D eigenvalue weighted by Crippen LogP contribution is -2.49. The van der Waals surface area contributed by atoms with Crippen molar-refractivity contribution in [3.8, 4) is 0 Å². The van der Waals surface area contributed by atoms with Crippen molar-refractivity contribution in [2.75, 3.05) is 0 Å². The van der Waals surface area contributed by atoms with Crippen LogP contribution in [0.1, 0.15) is 20.8 Å². The van der Waals surface area contributed by atoms with E-state index in [1.165, 1.54) is 19.9 Å². The number of carboxylic acids is 2. The SMILES string of the molecule is CC1=CC=CC(C)(C(=O)O)C1(C)C(=O)O. The smallest absolute Gasteiger partial charge is 0.314 e. The van der Waals surface area contributed by atoms with Crippen molar-refractivity contribution < 1.29 is 19.8 Å². The maximum Gasteiger partial charge on any atom is 0.314 e. The standard InChI is InChI=1S/C11H14O4/c1-7-5-4-6-10(2,8(12)13)11(7,3)9(14)15/h4-6H,1-3H3,(H,12,13)(H,14,15). The molecule has 2 unspecified atom stereocenters. The Hall–Kier alpha value is -1.58. The van der Waals surface area contributed by atoms with Crippen LogP contribution in [0.15, 0.2) is 23.8 Å². The third-order valence-corrected chi connectivity index (χ3v) is 3.48. The van der Waals surface area contributed by atoms with E-state index in [0.717, 1.165) is 0 Å². The molecule has 0 aliphatic heterocycles. The van der Waals surface area contributed by atoms with Crippen molar-refractivity contribution in [3.63, 3.8) is 0 Å². The first-order chi connectivity index (χ1) is 6.76. The van der Waals surface area contributed by atoms with Crippen molar-refractivity contribution in [1.29, 1.82) is 0 Å². The third kappa shape index (κ3) is 1.28. The largest absolute Gasteiger partial charge is 0.481 e. The fourth-order valence-electron chi connectivity index (χ4n) is 1.80. The number of carbonyl (C=O) groups is 2. The number of hydrogen-bond acceptors (Lipinski definition) is 2. The van der Waals surface area contributed by atoms with Gasteiger partial charge in [-0.3, -0.25) is 9.59 Å². The Balaban J connectivity index is 3.43. The van der Waals surface area contributed by atoms with Crippen LogP contribution < -0.4 is 0 Å². The fraction of sp³-hybridized carbons (Fsp3) is 0.455. The summed E-state index contributed by atoms with van der Waals surface area (Å²) in [6.45, 7) is 4.51. The molecule has 0 saturated carbocycles. The van der Waals surface area contributed by atoms with Gasteiger partial charge in [-0.1, -0.05) is 23.8 Å². The molecule has 1 aliphatic carbocycles. The number of rotatable bonds is 2. The fourth-order valence-corrected chi connectivity index (χ4v) is 1.80. The highest BCUT2D eigenvalue weighted by atomic mass is 16.4. The summed E-state index contributed by atoms with van der Waals surface area (Å²) in [7, 11) is 0. The highest BCUT2D eigenvalue weighted by Gasteiger charge is 2.56. The molecule has 4 nitrogen and oxygen atoms in total. The second-order valence-electron chi connectivity index (χ2n) is 4.15. The second-order valence-corrected chi connectivity index (χ2v) is 4.15. The molecule has 0 radical (unpaired) electrons. The average Bonchev–Trinajstić information content (AvgIpc) is 2.13. The van der Waals surface area contributed by atoms with Gasteiger partial charge >= 0.3 is 11.9 Å². The van der Waals surface area contributed by atoms with Crippen LogP contribution in [0.4, 0.5) is 0 Å². The van der Waals surface area contributed by atoms with Crippen LogP contribution in [0.2, 0.25) is 0 Å². The summed E-state index contributed by atoms with van der Waals surface area (Å²) >= 11 is 0. The van der Waals surface area contributed by atoms with Crippen LogP contribution in [0.25, 0.3) is 0 Å². The third-order valence-electron chi connectivity index (χ3n) is 3.48. The van der Waals surface area contributed by atoms with Gasteiger partial charge in [-0.25, -0.2) is 0 Å². The number of aliphatic carboxylic acids is 2. The van der Waals surface area contributed by atoms with Gasteiger partial charge in [-0.05, 0) is 20.8 Å². The normalized spacial score (nSPS) is 34.7. The quantitative estimate of drug-likeness (QED) is 0.727. The Morgan fingerprint density at radius 1 is 1.20 bits per heavy atom. The van der Waals surface area contributed by atoms with Gasteiger partial charge in [0, 0.05) is 0 Å². The van der Waals surface area contributed by atoms with Crippen LogP contribution in [0.5, 0.6) is 0 Å². The Labute approximate surface area is 87.9 Å². The van der Waals surface area contributed by atoms with Crippen molar-refractivity contribution in [3.05, 3.63) is 23.8 Å². The monoisotopic (exact) mass is 210 g/mol. The molecule has 2 N–H and O–H groups in total. The zero-order valence-corrected chi connectivity index (χ0v) is 8.94. The molecule has 82 valence electrons. The van der Waals surface area contributed by atoms with Crippen LogP contribution in [-0.4, -0.2) is 22.2 Å². The first kappa shape index (κ1) is 11.5. The molecule has 15 heavy (non-hydrogen) atoms. The van der Waals surface area contributed by atoms with Crippen LogP contribution in [-0.2, 0) is 9.59 Å². The minimum Gasteiger partial charge on any atom is -0.481 e. The highest BCUT2D eigenvalue weighted by Crippen LogP contribution is 2.48. The van der Waals surface area contributed by atoms with Gasteiger partial charge < -0.3 is 10.2 Å². The Bertz CT molecular complexity index is 380. The molecule has 0 aromatic rings. The minimum absolute atomic E-state index is 0.544. The molecule has 0 aromatic carbocycles. The molecule has 1 rings (SSSR count). The Morgan fingerprint density at radius 2 is 1.73 bits per heavy atom. The van der Waals surface area contributed by atoms with E-state index in [1.807, 2.05) is 0 Å².